The Kier molecular flexibility index (Phi) is 7.88. The number of hydrogen-bond acceptors (Lipinski definition) is 2. The first-order valence-corrected chi connectivity index (χ1v) is 7.00. The zero-order chi connectivity index (χ0) is 12.9. The smallest absolute Gasteiger partial charge is 0.223 e. The van der Waals surface area contributed by atoms with Gasteiger partial charge in [-0.2, -0.15) is 0 Å². The monoisotopic (exact) mass is 276 g/mol. The summed E-state index contributed by atoms with van der Waals surface area (Å²) in [7, 11) is 1.92. The van der Waals surface area contributed by atoms with Crippen molar-refractivity contribution in [2.45, 2.75) is 64.8 Å². The standard InChI is InChI=1S/C14H28N2O.ClH/c1-4-12(2)16(3)13(17)10-14(11-15)8-6-5-7-9-14;/h12H,4-11,15H2,1-3H3;1H. The third-order valence-electron chi connectivity index (χ3n) is 4.52. The van der Waals surface area contributed by atoms with E-state index in [1.807, 2.05) is 11.9 Å². The van der Waals surface area contributed by atoms with Gasteiger partial charge in [0.15, 0.2) is 0 Å². The summed E-state index contributed by atoms with van der Waals surface area (Å²) in [5, 5.41) is 0. The molecule has 1 fully saturated rings. The Labute approximate surface area is 118 Å². The summed E-state index contributed by atoms with van der Waals surface area (Å²) in [6, 6.07) is 0.334. The number of rotatable bonds is 5. The van der Waals surface area contributed by atoms with Crippen molar-refractivity contribution in [1.82, 2.24) is 4.90 Å². The highest BCUT2D eigenvalue weighted by Crippen LogP contribution is 2.38. The summed E-state index contributed by atoms with van der Waals surface area (Å²) in [4.78, 5) is 14.1. The van der Waals surface area contributed by atoms with Gasteiger partial charge in [0.2, 0.25) is 5.91 Å². The Hall–Kier alpha value is -0.280. The van der Waals surface area contributed by atoms with E-state index in [-0.39, 0.29) is 23.7 Å². The van der Waals surface area contributed by atoms with Crippen LogP contribution in [0.1, 0.15) is 58.8 Å². The van der Waals surface area contributed by atoms with Crippen LogP contribution in [0, 0.1) is 5.41 Å². The van der Waals surface area contributed by atoms with Crippen molar-refractivity contribution in [1.29, 1.82) is 0 Å². The van der Waals surface area contributed by atoms with E-state index in [0.717, 1.165) is 19.3 Å². The second kappa shape index (κ2) is 8.00. The van der Waals surface area contributed by atoms with E-state index in [1.54, 1.807) is 0 Å². The minimum absolute atomic E-state index is 0. The zero-order valence-electron chi connectivity index (χ0n) is 12.1. The molecule has 0 saturated heterocycles. The van der Waals surface area contributed by atoms with E-state index >= 15 is 0 Å². The lowest BCUT2D eigenvalue weighted by Gasteiger charge is -2.37. The molecule has 1 atom stereocenters. The quantitative estimate of drug-likeness (QED) is 0.839. The lowest BCUT2D eigenvalue weighted by Crippen LogP contribution is -2.41. The van der Waals surface area contributed by atoms with Crippen LogP contribution in [-0.2, 0) is 4.79 Å². The lowest BCUT2D eigenvalue weighted by atomic mass is 9.71. The van der Waals surface area contributed by atoms with E-state index in [1.165, 1.54) is 19.3 Å². The SMILES string of the molecule is CCC(C)N(C)C(=O)CC1(CN)CCCCC1.Cl. The number of nitrogens with zero attached hydrogens (tertiary/aromatic N) is 1. The molecular weight excluding hydrogens is 248 g/mol. The molecule has 1 unspecified atom stereocenters. The summed E-state index contributed by atoms with van der Waals surface area (Å²) in [6.07, 6.45) is 7.68. The fraction of sp³-hybridized carbons (Fsp3) is 0.929. The molecule has 1 aliphatic carbocycles. The van der Waals surface area contributed by atoms with Gasteiger partial charge in [0.25, 0.3) is 0 Å². The Morgan fingerprint density at radius 3 is 2.33 bits per heavy atom. The summed E-state index contributed by atoms with van der Waals surface area (Å²) >= 11 is 0. The summed E-state index contributed by atoms with van der Waals surface area (Å²) in [5.74, 6) is 0.270. The van der Waals surface area contributed by atoms with Crippen molar-refractivity contribution in [2.75, 3.05) is 13.6 Å². The van der Waals surface area contributed by atoms with Crippen LogP contribution >= 0.6 is 12.4 Å². The molecule has 0 aromatic carbocycles. The van der Waals surface area contributed by atoms with Gasteiger partial charge in [-0.1, -0.05) is 26.2 Å². The van der Waals surface area contributed by atoms with E-state index in [4.69, 9.17) is 5.73 Å². The fourth-order valence-corrected chi connectivity index (χ4v) is 2.72. The van der Waals surface area contributed by atoms with Crippen molar-refractivity contribution in [3.8, 4) is 0 Å². The molecule has 1 amide bonds. The Morgan fingerprint density at radius 1 is 1.33 bits per heavy atom. The van der Waals surface area contributed by atoms with Crippen LogP contribution in [0.3, 0.4) is 0 Å². The summed E-state index contributed by atoms with van der Waals surface area (Å²) in [6.45, 7) is 4.88. The maximum absolute atomic E-state index is 12.2. The predicted molar refractivity (Wildman–Crippen MR) is 79.0 cm³/mol. The molecule has 2 N–H and O–H groups in total. The number of hydrogen-bond donors (Lipinski definition) is 1. The second-order valence-electron chi connectivity index (χ2n) is 5.70. The van der Waals surface area contributed by atoms with Crippen LogP contribution in [-0.4, -0.2) is 30.4 Å². The van der Waals surface area contributed by atoms with Gasteiger partial charge in [-0.3, -0.25) is 4.79 Å². The molecule has 1 rings (SSSR count). The summed E-state index contributed by atoms with van der Waals surface area (Å²) in [5.41, 5.74) is 6.02. The number of halogens is 1. The van der Waals surface area contributed by atoms with Crippen molar-refractivity contribution < 1.29 is 4.79 Å². The zero-order valence-corrected chi connectivity index (χ0v) is 12.9. The molecule has 1 aliphatic rings. The number of nitrogens with two attached hydrogens (primary N) is 1. The maximum atomic E-state index is 12.2. The molecule has 0 spiro atoms. The number of carbonyl (C=O) groups excluding carboxylic acids is 1. The van der Waals surface area contributed by atoms with Gasteiger partial charge in [0.05, 0.1) is 0 Å². The molecule has 0 radical (unpaired) electrons. The largest absolute Gasteiger partial charge is 0.343 e. The van der Waals surface area contributed by atoms with Crippen LogP contribution in [0.4, 0.5) is 0 Å². The number of carbonyl (C=O) groups is 1. The van der Waals surface area contributed by atoms with Gasteiger partial charge in [-0.25, -0.2) is 0 Å². The van der Waals surface area contributed by atoms with Gasteiger partial charge in [-0.05, 0) is 38.1 Å². The molecule has 0 heterocycles. The van der Waals surface area contributed by atoms with E-state index in [0.29, 0.717) is 19.0 Å². The average molecular weight is 277 g/mol. The molecule has 0 aromatic rings. The van der Waals surface area contributed by atoms with Crippen molar-refractivity contribution in [3.63, 3.8) is 0 Å². The topological polar surface area (TPSA) is 46.3 Å². The van der Waals surface area contributed by atoms with Crippen LogP contribution in [0.15, 0.2) is 0 Å². The van der Waals surface area contributed by atoms with Crippen LogP contribution < -0.4 is 5.73 Å². The normalized spacial score (nSPS) is 19.8. The predicted octanol–water partition coefficient (Wildman–Crippen LogP) is 2.96. The van der Waals surface area contributed by atoms with Crippen molar-refractivity contribution >= 4 is 18.3 Å². The average Bonchev–Trinajstić information content (AvgIpc) is 2.37. The summed E-state index contributed by atoms with van der Waals surface area (Å²) < 4.78 is 0. The van der Waals surface area contributed by atoms with Gasteiger partial charge in [0, 0.05) is 19.5 Å². The molecule has 1 saturated carbocycles. The third kappa shape index (κ3) is 4.43. The van der Waals surface area contributed by atoms with E-state index < -0.39 is 0 Å². The minimum atomic E-state index is 0. The highest BCUT2D eigenvalue weighted by Gasteiger charge is 2.34. The second-order valence-corrected chi connectivity index (χ2v) is 5.70. The van der Waals surface area contributed by atoms with Gasteiger partial charge in [-0.15, -0.1) is 12.4 Å². The number of amides is 1. The molecule has 108 valence electrons. The highest BCUT2D eigenvalue weighted by atomic mass is 35.5. The Balaban J connectivity index is 0.00000289. The first-order valence-electron chi connectivity index (χ1n) is 7.00. The third-order valence-corrected chi connectivity index (χ3v) is 4.52. The van der Waals surface area contributed by atoms with E-state index in [2.05, 4.69) is 13.8 Å². The molecule has 3 nitrogen and oxygen atoms in total. The maximum Gasteiger partial charge on any atom is 0.223 e. The van der Waals surface area contributed by atoms with Gasteiger partial charge in [0.1, 0.15) is 0 Å². The Bertz CT molecular complexity index is 252. The first-order chi connectivity index (χ1) is 8.04. The van der Waals surface area contributed by atoms with Crippen molar-refractivity contribution in [3.05, 3.63) is 0 Å². The molecular formula is C14H29ClN2O. The van der Waals surface area contributed by atoms with Gasteiger partial charge < -0.3 is 10.6 Å². The fourth-order valence-electron chi connectivity index (χ4n) is 2.72. The molecule has 18 heavy (non-hydrogen) atoms. The minimum Gasteiger partial charge on any atom is -0.343 e. The Morgan fingerprint density at radius 2 is 1.89 bits per heavy atom. The first kappa shape index (κ1) is 17.7. The van der Waals surface area contributed by atoms with E-state index in [9.17, 15) is 4.79 Å². The van der Waals surface area contributed by atoms with Crippen LogP contribution in [0.5, 0.6) is 0 Å². The van der Waals surface area contributed by atoms with Crippen molar-refractivity contribution in [2.24, 2.45) is 11.1 Å². The highest BCUT2D eigenvalue weighted by molar-refractivity contribution is 5.85. The van der Waals surface area contributed by atoms with Gasteiger partial charge >= 0.3 is 0 Å². The molecule has 4 heteroatoms. The van der Waals surface area contributed by atoms with Crippen LogP contribution in [0.25, 0.3) is 0 Å². The molecule has 0 aromatic heterocycles. The lowest BCUT2D eigenvalue weighted by molar-refractivity contribution is -0.134. The molecule has 0 bridgehead atoms. The van der Waals surface area contributed by atoms with Crippen LogP contribution in [0.2, 0.25) is 0 Å². The molecule has 0 aliphatic heterocycles.